The fourth-order valence-corrected chi connectivity index (χ4v) is 4.95. The molecular weight excluding hydrogens is 338 g/mol. The number of aryl methyl sites for hydroxylation is 1. The summed E-state index contributed by atoms with van der Waals surface area (Å²) in [5, 5.41) is 0. The van der Waals surface area contributed by atoms with Crippen LogP contribution in [-0.4, -0.2) is 33.5 Å². The van der Waals surface area contributed by atoms with Gasteiger partial charge in [0.2, 0.25) is 10.0 Å². The number of benzene rings is 2. The minimum Gasteiger partial charge on any atom is -0.497 e. The van der Waals surface area contributed by atoms with E-state index in [0.717, 1.165) is 24.0 Å². The molecule has 2 aromatic carbocycles. The number of methoxy groups -OCH3 is 2. The van der Waals surface area contributed by atoms with Crippen LogP contribution in [0.15, 0.2) is 47.4 Å². The fourth-order valence-electron chi connectivity index (χ4n) is 3.28. The maximum Gasteiger partial charge on any atom is 0.243 e. The standard InChI is InChI=1S/C19H23NO4S/c1-14-6-9-16(10-7-14)25(21,22)20-12-4-5-18(20)17-11-8-15(23-2)13-19(17)24-3/h6-11,13,18H,4-5,12H2,1-3H3/t18-/m0/s1. The Morgan fingerprint density at radius 3 is 2.40 bits per heavy atom. The maximum absolute atomic E-state index is 13.1. The molecule has 25 heavy (non-hydrogen) atoms. The van der Waals surface area contributed by atoms with Crippen LogP contribution in [0, 0.1) is 6.92 Å². The Kier molecular flexibility index (Phi) is 5.01. The van der Waals surface area contributed by atoms with Crippen molar-refractivity contribution in [2.75, 3.05) is 20.8 Å². The summed E-state index contributed by atoms with van der Waals surface area (Å²) in [6, 6.07) is 12.3. The Labute approximate surface area is 149 Å². The molecule has 0 N–H and O–H groups in total. The zero-order valence-corrected chi connectivity index (χ0v) is 15.5. The smallest absolute Gasteiger partial charge is 0.243 e. The van der Waals surface area contributed by atoms with Crippen LogP contribution in [0.3, 0.4) is 0 Å². The van der Waals surface area contributed by atoms with Gasteiger partial charge >= 0.3 is 0 Å². The molecule has 0 saturated carbocycles. The van der Waals surface area contributed by atoms with E-state index in [1.165, 1.54) is 0 Å². The highest BCUT2D eigenvalue weighted by Crippen LogP contribution is 2.41. The minimum atomic E-state index is -3.55. The molecule has 6 heteroatoms. The van der Waals surface area contributed by atoms with Crippen molar-refractivity contribution in [2.24, 2.45) is 0 Å². The Morgan fingerprint density at radius 2 is 1.76 bits per heavy atom. The summed E-state index contributed by atoms with van der Waals surface area (Å²) in [4.78, 5) is 0.331. The Balaban J connectivity index is 1.99. The minimum absolute atomic E-state index is 0.229. The summed E-state index contributed by atoms with van der Waals surface area (Å²) in [5.41, 5.74) is 1.91. The molecule has 0 radical (unpaired) electrons. The molecular formula is C19H23NO4S. The van der Waals surface area contributed by atoms with E-state index in [0.29, 0.717) is 22.9 Å². The third-order valence-corrected chi connectivity index (χ3v) is 6.55. The van der Waals surface area contributed by atoms with Crippen molar-refractivity contribution < 1.29 is 17.9 Å². The van der Waals surface area contributed by atoms with Crippen molar-refractivity contribution in [1.29, 1.82) is 0 Å². The van der Waals surface area contributed by atoms with Crippen LogP contribution in [0.25, 0.3) is 0 Å². The normalized spacial score (nSPS) is 18.3. The molecule has 1 heterocycles. The molecule has 0 amide bonds. The van der Waals surface area contributed by atoms with E-state index in [1.807, 2.05) is 31.2 Å². The fraction of sp³-hybridized carbons (Fsp3) is 0.368. The second kappa shape index (κ2) is 7.06. The van der Waals surface area contributed by atoms with Gasteiger partial charge in [0, 0.05) is 18.2 Å². The van der Waals surface area contributed by atoms with Gasteiger partial charge in [0.15, 0.2) is 0 Å². The molecule has 1 fully saturated rings. The summed E-state index contributed by atoms with van der Waals surface area (Å²) in [6.45, 7) is 2.45. The monoisotopic (exact) mass is 361 g/mol. The van der Waals surface area contributed by atoms with Crippen molar-refractivity contribution in [3.63, 3.8) is 0 Å². The van der Waals surface area contributed by atoms with Gasteiger partial charge in [-0.25, -0.2) is 8.42 Å². The van der Waals surface area contributed by atoms with Crippen molar-refractivity contribution in [3.8, 4) is 11.5 Å². The Hall–Kier alpha value is -2.05. The van der Waals surface area contributed by atoms with Crippen molar-refractivity contribution in [2.45, 2.75) is 30.7 Å². The van der Waals surface area contributed by atoms with Gasteiger partial charge in [-0.05, 0) is 38.0 Å². The van der Waals surface area contributed by atoms with Crippen LogP contribution in [0.1, 0.15) is 30.0 Å². The topological polar surface area (TPSA) is 55.8 Å². The first-order valence-corrected chi connectivity index (χ1v) is 9.72. The molecule has 1 aliphatic rings. The van der Waals surface area contributed by atoms with Gasteiger partial charge in [0.1, 0.15) is 11.5 Å². The molecule has 134 valence electrons. The molecule has 1 aliphatic heterocycles. The number of hydrogen-bond donors (Lipinski definition) is 0. The largest absolute Gasteiger partial charge is 0.497 e. The van der Waals surface area contributed by atoms with E-state index < -0.39 is 10.0 Å². The lowest BCUT2D eigenvalue weighted by molar-refractivity contribution is 0.361. The lowest BCUT2D eigenvalue weighted by Crippen LogP contribution is -2.30. The number of hydrogen-bond acceptors (Lipinski definition) is 4. The Bertz CT molecular complexity index is 846. The number of nitrogens with zero attached hydrogens (tertiary/aromatic N) is 1. The highest BCUT2D eigenvalue weighted by Gasteiger charge is 2.37. The van der Waals surface area contributed by atoms with Gasteiger partial charge in [-0.2, -0.15) is 4.31 Å². The van der Waals surface area contributed by atoms with Gasteiger partial charge in [-0.3, -0.25) is 0 Å². The van der Waals surface area contributed by atoms with Crippen LogP contribution in [0.4, 0.5) is 0 Å². The first-order valence-electron chi connectivity index (χ1n) is 8.28. The summed E-state index contributed by atoms with van der Waals surface area (Å²) in [6.07, 6.45) is 1.60. The van der Waals surface area contributed by atoms with Crippen LogP contribution in [0.2, 0.25) is 0 Å². The molecule has 0 spiro atoms. The SMILES string of the molecule is COc1ccc([C@@H]2CCCN2S(=O)(=O)c2ccc(C)cc2)c(OC)c1. The van der Waals surface area contributed by atoms with Crippen LogP contribution >= 0.6 is 0 Å². The van der Waals surface area contributed by atoms with E-state index in [9.17, 15) is 8.42 Å². The van der Waals surface area contributed by atoms with Gasteiger partial charge < -0.3 is 9.47 Å². The molecule has 0 bridgehead atoms. The van der Waals surface area contributed by atoms with E-state index >= 15 is 0 Å². The van der Waals surface area contributed by atoms with Crippen LogP contribution in [0.5, 0.6) is 11.5 Å². The van der Waals surface area contributed by atoms with Gasteiger partial charge in [-0.15, -0.1) is 0 Å². The second-order valence-electron chi connectivity index (χ2n) is 6.19. The summed E-state index contributed by atoms with van der Waals surface area (Å²) in [7, 11) is -0.362. The maximum atomic E-state index is 13.1. The lowest BCUT2D eigenvalue weighted by atomic mass is 10.0. The summed E-state index contributed by atoms with van der Waals surface area (Å²) < 4.78 is 38.5. The molecule has 1 saturated heterocycles. The van der Waals surface area contributed by atoms with Gasteiger partial charge in [-0.1, -0.05) is 23.8 Å². The lowest BCUT2D eigenvalue weighted by Gasteiger charge is -2.26. The first kappa shape index (κ1) is 17.8. The highest BCUT2D eigenvalue weighted by atomic mass is 32.2. The third-order valence-electron chi connectivity index (χ3n) is 4.63. The third kappa shape index (κ3) is 3.37. The van der Waals surface area contributed by atoms with E-state index in [-0.39, 0.29) is 6.04 Å². The van der Waals surface area contributed by atoms with Gasteiger partial charge in [0.05, 0.1) is 25.2 Å². The number of rotatable bonds is 5. The molecule has 0 aliphatic carbocycles. The Morgan fingerprint density at radius 1 is 1.04 bits per heavy atom. The molecule has 3 rings (SSSR count). The number of ether oxygens (including phenoxy) is 2. The predicted octanol–water partition coefficient (Wildman–Crippen LogP) is 3.54. The zero-order valence-electron chi connectivity index (χ0n) is 14.7. The summed E-state index contributed by atoms with van der Waals surface area (Å²) >= 11 is 0. The average molecular weight is 361 g/mol. The average Bonchev–Trinajstić information content (AvgIpc) is 3.12. The molecule has 5 nitrogen and oxygen atoms in total. The molecule has 0 aromatic heterocycles. The molecule has 2 aromatic rings. The van der Waals surface area contributed by atoms with E-state index in [1.54, 1.807) is 36.7 Å². The zero-order chi connectivity index (χ0) is 18.0. The van der Waals surface area contributed by atoms with Gasteiger partial charge in [0.25, 0.3) is 0 Å². The number of sulfonamides is 1. The first-order chi connectivity index (χ1) is 12.0. The van der Waals surface area contributed by atoms with E-state index in [4.69, 9.17) is 9.47 Å². The second-order valence-corrected chi connectivity index (χ2v) is 8.09. The van der Waals surface area contributed by atoms with E-state index in [2.05, 4.69) is 0 Å². The molecule has 1 atom stereocenters. The molecule has 0 unspecified atom stereocenters. The van der Waals surface area contributed by atoms with Crippen molar-refractivity contribution >= 4 is 10.0 Å². The predicted molar refractivity (Wildman–Crippen MR) is 96.6 cm³/mol. The van der Waals surface area contributed by atoms with Crippen molar-refractivity contribution in [1.82, 2.24) is 4.31 Å². The van der Waals surface area contributed by atoms with Crippen molar-refractivity contribution in [3.05, 3.63) is 53.6 Å². The van der Waals surface area contributed by atoms with Crippen LogP contribution < -0.4 is 9.47 Å². The summed E-state index contributed by atoms with van der Waals surface area (Å²) in [5.74, 6) is 1.34. The highest BCUT2D eigenvalue weighted by molar-refractivity contribution is 7.89. The quantitative estimate of drug-likeness (QED) is 0.817. The van der Waals surface area contributed by atoms with Crippen LogP contribution in [-0.2, 0) is 10.0 Å².